The molecule has 4 aromatic heterocycles. The van der Waals surface area contributed by atoms with Gasteiger partial charge in [0, 0.05) is 31.5 Å². The number of aromatic nitrogens is 6. The van der Waals surface area contributed by atoms with E-state index >= 15 is 0 Å². The molecule has 5 rings (SSSR count). The van der Waals surface area contributed by atoms with E-state index in [4.69, 9.17) is 9.72 Å². The van der Waals surface area contributed by atoms with E-state index < -0.39 is 0 Å². The lowest BCUT2D eigenvalue weighted by molar-refractivity contribution is 0.187. The maximum Gasteiger partial charge on any atom is 0.241 e. The maximum absolute atomic E-state index is 5.23. The lowest BCUT2D eigenvalue weighted by atomic mass is 10.2. The van der Waals surface area contributed by atoms with Gasteiger partial charge < -0.3 is 14.6 Å². The molecule has 1 unspecified atom stereocenters. The third-order valence-electron chi connectivity index (χ3n) is 5.68. The molecule has 0 saturated heterocycles. The zero-order chi connectivity index (χ0) is 20.0. The Morgan fingerprint density at radius 2 is 2.10 bits per heavy atom. The van der Waals surface area contributed by atoms with Crippen LogP contribution in [0.1, 0.15) is 25.6 Å². The Balaban J connectivity index is 1.50. The number of ether oxygens (including phenoxy) is 1. The molecule has 150 valence electrons. The number of rotatable bonds is 7. The number of imidazole rings is 1. The average molecular weight is 391 g/mol. The number of hydrogen-bond donors (Lipinski definition) is 1. The quantitative estimate of drug-likeness (QED) is 0.520. The highest BCUT2D eigenvalue weighted by Gasteiger charge is 2.28. The van der Waals surface area contributed by atoms with Crippen LogP contribution >= 0.6 is 0 Å². The molecule has 0 aromatic carbocycles. The molecule has 4 heterocycles. The van der Waals surface area contributed by atoms with E-state index in [0.29, 0.717) is 18.6 Å². The van der Waals surface area contributed by atoms with Gasteiger partial charge in [-0.1, -0.05) is 0 Å². The number of nitrogens with zero attached hydrogens (tertiary/aromatic N) is 6. The van der Waals surface area contributed by atoms with E-state index in [1.54, 1.807) is 7.11 Å². The SMILES string of the molecule is COCCn1c(C)nc2ccc(-c3ccn4nc(NC(C)C5CC5)ncc34)nc21. The lowest BCUT2D eigenvalue weighted by Gasteiger charge is -2.12. The van der Waals surface area contributed by atoms with Gasteiger partial charge in [-0.05, 0) is 50.8 Å². The molecule has 1 aliphatic rings. The minimum absolute atomic E-state index is 0.405. The van der Waals surface area contributed by atoms with Gasteiger partial charge in [-0.3, -0.25) is 0 Å². The molecule has 1 N–H and O–H groups in total. The average Bonchev–Trinajstić information content (AvgIpc) is 3.42. The zero-order valence-electron chi connectivity index (χ0n) is 17.0. The highest BCUT2D eigenvalue weighted by Crippen LogP contribution is 2.33. The number of pyridine rings is 1. The summed E-state index contributed by atoms with van der Waals surface area (Å²) in [6.45, 7) is 5.54. The van der Waals surface area contributed by atoms with Crippen molar-refractivity contribution in [3.05, 3.63) is 36.4 Å². The van der Waals surface area contributed by atoms with Crippen LogP contribution in [0.5, 0.6) is 0 Å². The van der Waals surface area contributed by atoms with Crippen molar-refractivity contribution in [3.8, 4) is 11.3 Å². The van der Waals surface area contributed by atoms with Crippen LogP contribution < -0.4 is 5.32 Å². The molecule has 4 aromatic rings. The van der Waals surface area contributed by atoms with E-state index in [2.05, 4.69) is 31.9 Å². The first kappa shape index (κ1) is 18.1. The largest absolute Gasteiger partial charge is 0.383 e. The van der Waals surface area contributed by atoms with Crippen molar-refractivity contribution in [2.75, 3.05) is 19.0 Å². The summed E-state index contributed by atoms with van der Waals surface area (Å²) in [5.74, 6) is 2.35. The summed E-state index contributed by atoms with van der Waals surface area (Å²) in [7, 11) is 1.70. The Morgan fingerprint density at radius 1 is 1.24 bits per heavy atom. The summed E-state index contributed by atoms with van der Waals surface area (Å²) in [4.78, 5) is 14.1. The Hall–Kier alpha value is -3.00. The second-order valence-electron chi connectivity index (χ2n) is 7.75. The van der Waals surface area contributed by atoms with Gasteiger partial charge in [-0.2, -0.15) is 0 Å². The van der Waals surface area contributed by atoms with Gasteiger partial charge in [0.2, 0.25) is 5.95 Å². The van der Waals surface area contributed by atoms with Gasteiger partial charge in [-0.25, -0.2) is 19.5 Å². The summed E-state index contributed by atoms with van der Waals surface area (Å²) >= 11 is 0. The number of hydrogen-bond acceptors (Lipinski definition) is 6. The number of fused-ring (bicyclic) bond motifs is 2. The summed E-state index contributed by atoms with van der Waals surface area (Å²) in [6.07, 6.45) is 6.40. The molecule has 0 radical (unpaired) electrons. The van der Waals surface area contributed by atoms with Crippen molar-refractivity contribution in [1.82, 2.24) is 29.1 Å². The number of aryl methyl sites for hydroxylation is 1. The van der Waals surface area contributed by atoms with Crippen molar-refractivity contribution < 1.29 is 4.74 Å². The Bertz CT molecular complexity index is 1170. The van der Waals surface area contributed by atoms with E-state index in [1.165, 1.54) is 12.8 Å². The third-order valence-corrected chi connectivity index (χ3v) is 5.68. The monoisotopic (exact) mass is 391 g/mol. The smallest absolute Gasteiger partial charge is 0.241 e. The number of nitrogens with one attached hydrogen (secondary N) is 1. The topological polar surface area (TPSA) is 82.2 Å². The molecule has 8 nitrogen and oxygen atoms in total. The molecule has 0 aliphatic heterocycles. The van der Waals surface area contributed by atoms with Crippen LogP contribution in [0.3, 0.4) is 0 Å². The zero-order valence-corrected chi connectivity index (χ0v) is 17.0. The van der Waals surface area contributed by atoms with Crippen LogP contribution in [-0.4, -0.2) is 48.9 Å². The lowest BCUT2D eigenvalue weighted by Crippen LogP contribution is -2.19. The van der Waals surface area contributed by atoms with Crippen LogP contribution in [0.15, 0.2) is 30.6 Å². The summed E-state index contributed by atoms with van der Waals surface area (Å²) in [5.41, 5.74) is 4.58. The fourth-order valence-electron chi connectivity index (χ4n) is 3.82. The van der Waals surface area contributed by atoms with E-state index in [-0.39, 0.29) is 0 Å². The van der Waals surface area contributed by atoms with Crippen molar-refractivity contribution in [3.63, 3.8) is 0 Å². The first-order chi connectivity index (χ1) is 14.1. The normalized spacial score (nSPS) is 15.3. The summed E-state index contributed by atoms with van der Waals surface area (Å²) < 4.78 is 9.19. The second kappa shape index (κ2) is 7.11. The molecule has 1 saturated carbocycles. The van der Waals surface area contributed by atoms with Gasteiger partial charge in [0.1, 0.15) is 11.3 Å². The molecule has 0 spiro atoms. The maximum atomic E-state index is 5.23. The van der Waals surface area contributed by atoms with Crippen LogP contribution in [0.4, 0.5) is 5.95 Å². The van der Waals surface area contributed by atoms with E-state index in [9.17, 15) is 0 Å². The van der Waals surface area contributed by atoms with Gasteiger partial charge in [0.25, 0.3) is 0 Å². The molecule has 0 amide bonds. The fraction of sp³-hybridized carbons (Fsp3) is 0.429. The van der Waals surface area contributed by atoms with Crippen molar-refractivity contribution in [2.45, 2.75) is 39.3 Å². The predicted octanol–water partition coefficient (Wildman–Crippen LogP) is 3.31. The molecule has 0 bridgehead atoms. The third kappa shape index (κ3) is 3.33. The molecular formula is C21H25N7O. The molecule has 8 heteroatoms. The van der Waals surface area contributed by atoms with E-state index in [1.807, 2.05) is 42.0 Å². The first-order valence-electron chi connectivity index (χ1n) is 10.1. The Kier molecular flexibility index (Phi) is 4.43. The fourth-order valence-corrected chi connectivity index (χ4v) is 3.82. The van der Waals surface area contributed by atoms with Crippen molar-refractivity contribution in [1.29, 1.82) is 0 Å². The second-order valence-corrected chi connectivity index (χ2v) is 7.75. The highest BCUT2D eigenvalue weighted by molar-refractivity contribution is 5.82. The number of anilines is 1. The molecule has 1 aliphatic carbocycles. The first-order valence-corrected chi connectivity index (χ1v) is 10.1. The van der Waals surface area contributed by atoms with Crippen LogP contribution in [-0.2, 0) is 11.3 Å². The Morgan fingerprint density at radius 3 is 2.90 bits per heavy atom. The number of methoxy groups -OCH3 is 1. The Labute approximate surface area is 168 Å². The van der Waals surface area contributed by atoms with Crippen LogP contribution in [0, 0.1) is 12.8 Å². The minimum Gasteiger partial charge on any atom is -0.383 e. The van der Waals surface area contributed by atoms with Crippen LogP contribution in [0.2, 0.25) is 0 Å². The van der Waals surface area contributed by atoms with Gasteiger partial charge in [0.15, 0.2) is 5.65 Å². The van der Waals surface area contributed by atoms with Gasteiger partial charge >= 0.3 is 0 Å². The molecule has 1 atom stereocenters. The van der Waals surface area contributed by atoms with Crippen molar-refractivity contribution in [2.24, 2.45) is 5.92 Å². The molecule has 1 fully saturated rings. The van der Waals surface area contributed by atoms with Gasteiger partial charge in [0.05, 0.1) is 24.0 Å². The molecule has 29 heavy (non-hydrogen) atoms. The van der Waals surface area contributed by atoms with Crippen molar-refractivity contribution >= 4 is 22.6 Å². The minimum atomic E-state index is 0.405. The predicted molar refractivity (Wildman–Crippen MR) is 112 cm³/mol. The molecular weight excluding hydrogens is 366 g/mol. The van der Waals surface area contributed by atoms with Gasteiger partial charge in [-0.15, -0.1) is 5.10 Å². The van der Waals surface area contributed by atoms with E-state index in [0.717, 1.165) is 46.2 Å². The van der Waals surface area contributed by atoms with Crippen LogP contribution in [0.25, 0.3) is 27.9 Å². The summed E-state index contributed by atoms with van der Waals surface area (Å²) in [6, 6.07) is 6.47. The summed E-state index contributed by atoms with van der Waals surface area (Å²) in [5, 5.41) is 8.05. The highest BCUT2D eigenvalue weighted by atomic mass is 16.5. The standard InChI is InChI=1S/C21H25N7O/c1-13(15-4-5-15)23-21-22-12-19-16(8-9-28(19)26-21)17-6-7-18-20(25-17)27(10-11-29-3)14(2)24-18/h6-9,12-13,15H,4-5,10-11H2,1-3H3,(H,23,26).